The molecule has 0 aromatic heterocycles. The first kappa shape index (κ1) is 19.3. The van der Waals surface area contributed by atoms with Gasteiger partial charge >= 0.3 is 0 Å². The molecule has 0 spiro atoms. The molecule has 1 aromatic carbocycles. The van der Waals surface area contributed by atoms with Crippen LogP contribution in [-0.4, -0.2) is 54.7 Å². The lowest BCUT2D eigenvalue weighted by Crippen LogP contribution is -2.42. The van der Waals surface area contributed by atoms with Crippen molar-refractivity contribution >= 4 is 35.6 Å². The molecule has 0 amide bonds. The molecule has 26 heavy (non-hydrogen) atoms. The maximum atomic E-state index is 10.7. The second-order valence-electron chi connectivity index (χ2n) is 7.17. The van der Waals surface area contributed by atoms with E-state index in [2.05, 4.69) is 15.2 Å². The molecule has 0 saturated carbocycles. The zero-order valence-corrected chi connectivity index (χ0v) is 17.2. The molecule has 1 N–H and O–H groups in total. The summed E-state index contributed by atoms with van der Waals surface area (Å²) in [7, 11) is 1.83. The number of aliphatic imine (C=N–C) groups is 1. The summed E-state index contributed by atoms with van der Waals surface area (Å²) in [6, 6.07) is 6.75. The molecule has 3 aliphatic heterocycles. The van der Waals surface area contributed by atoms with Gasteiger partial charge in [-0.05, 0) is 24.8 Å². The highest BCUT2D eigenvalue weighted by atomic mass is 127. The summed E-state index contributed by atoms with van der Waals surface area (Å²) in [6.45, 7) is 2.83. The Morgan fingerprint density at radius 1 is 1.27 bits per heavy atom. The molecule has 3 saturated heterocycles. The fraction of sp³-hybridized carbons (Fsp3) is 0.611. The molecule has 7 nitrogen and oxygen atoms in total. The van der Waals surface area contributed by atoms with Crippen molar-refractivity contribution in [2.45, 2.75) is 31.5 Å². The first-order valence-electron chi connectivity index (χ1n) is 9.00. The van der Waals surface area contributed by atoms with Gasteiger partial charge in [0.15, 0.2) is 5.96 Å². The van der Waals surface area contributed by atoms with E-state index in [0.29, 0.717) is 24.0 Å². The van der Waals surface area contributed by atoms with Crippen molar-refractivity contribution in [1.29, 1.82) is 0 Å². The topological polar surface area (TPSA) is 80.0 Å². The number of nitrogens with one attached hydrogen (secondary N) is 1. The fourth-order valence-corrected chi connectivity index (χ4v) is 4.57. The van der Waals surface area contributed by atoms with Crippen LogP contribution >= 0.6 is 24.0 Å². The molecule has 2 bridgehead atoms. The number of nitro benzene ring substituents is 1. The highest BCUT2D eigenvalue weighted by Gasteiger charge is 2.53. The molecule has 0 aliphatic carbocycles. The van der Waals surface area contributed by atoms with E-state index in [1.165, 1.54) is 12.8 Å². The monoisotopic (exact) mass is 472 g/mol. The quantitative estimate of drug-likeness (QED) is 0.240. The number of guanidine groups is 1. The van der Waals surface area contributed by atoms with Gasteiger partial charge in [0.05, 0.1) is 17.1 Å². The number of hydrogen-bond donors (Lipinski definition) is 1. The number of hydrogen-bond acceptors (Lipinski definition) is 4. The standard InChI is InChI=1S/C18H24N4O3.HI/c1-19-18(20-9-8-12-2-4-13(5-3-12)22(23)24)21-10-14-15(11-21)17-7-6-16(14)25-17;/h2-5,14-17H,6-11H2,1H3,(H,19,20);1H. The Bertz CT molecular complexity index is 664. The summed E-state index contributed by atoms with van der Waals surface area (Å²) in [5, 5.41) is 14.1. The number of rotatable bonds is 4. The predicted octanol–water partition coefficient (Wildman–Crippen LogP) is 2.44. The summed E-state index contributed by atoms with van der Waals surface area (Å²) < 4.78 is 6.03. The minimum absolute atomic E-state index is 0. The molecule has 0 radical (unpaired) electrons. The van der Waals surface area contributed by atoms with Gasteiger partial charge in [0.2, 0.25) is 0 Å². The molecular formula is C18H25IN4O3. The first-order valence-corrected chi connectivity index (χ1v) is 9.00. The summed E-state index contributed by atoms with van der Waals surface area (Å²) in [5.41, 5.74) is 1.21. The smallest absolute Gasteiger partial charge is 0.269 e. The predicted molar refractivity (Wildman–Crippen MR) is 110 cm³/mol. The van der Waals surface area contributed by atoms with Crippen molar-refractivity contribution in [2.24, 2.45) is 16.8 Å². The maximum absolute atomic E-state index is 10.7. The van der Waals surface area contributed by atoms with Crippen molar-refractivity contribution in [1.82, 2.24) is 10.2 Å². The Hall–Kier alpha value is -1.42. The normalized spacial score (nSPS) is 29.4. The molecule has 3 heterocycles. The lowest BCUT2D eigenvalue weighted by Gasteiger charge is -2.23. The van der Waals surface area contributed by atoms with Gasteiger partial charge in [-0.15, -0.1) is 24.0 Å². The Kier molecular flexibility index (Phi) is 6.01. The van der Waals surface area contributed by atoms with Crippen LogP contribution in [-0.2, 0) is 11.2 Å². The van der Waals surface area contributed by atoms with Crippen LogP contribution in [0.15, 0.2) is 29.3 Å². The van der Waals surface area contributed by atoms with E-state index < -0.39 is 0 Å². The highest BCUT2D eigenvalue weighted by molar-refractivity contribution is 14.0. The summed E-state index contributed by atoms with van der Waals surface area (Å²) in [5.74, 6) is 2.27. The van der Waals surface area contributed by atoms with Gasteiger partial charge < -0.3 is 15.0 Å². The van der Waals surface area contributed by atoms with Crippen LogP contribution < -0.4 is 5.32 Å². The molecule has 4 atom stereocenters. The number of likely N-dealkylation sites (tertiary alicyclic amines) is 1. The number of fused-ring (bicyclic) bond motifs is 5. The van der Waals surface area contributed by atoms with Crippen molar-refractivity contribution < 1.29 is 9.66 Å². The number of ether oxygens (including phenoxy) is 1. The second kappa shape index (κ2) is 8.08. The van der Waals surface area contributed by atoms with Crippen molar-refractivity contribution in [3.05, 3.63) is 39.9 Å². The van der Waals surface area contributed by atoms with Crippen molar-refractivity contribution in [2.75, 3.05) is 26.7 Å². The number of nitrogens with zero attached hydrogens (tertiary/aromatic N) is 3. The molecule has 4 unspecified atom stereocenters. The Morgan fingerprint density at radius 3 is 2.42 bits per heavy atom. The third-order valence-electron chi connectivity index (χ3n) is 5.81. The van der Waals surface area contributed by atoms with E-state index in [9.17, 15) is 10.1 Å². The third kappa shape index (κ3) is 3.66. The van der Waals surface area contributed by atoms with E-state index in [0.717, 1.165) is 37.6 Å². The van der Waals surface area contributed by atoms with Gasteiger partial charge in [-0.3, -0.25) is 15.1 Å². The lowest BCUT2D eigenvalue weighted by molar-refractivity contribution is -0.384. The van der Waals surface area contributed by atoms with Gasteiger partial charge in [0, 0.05) is 50.7 Å². The Balaban J connectivity index is 0.00000196. The Morgan fingerprint density at radius 2 is 1.88 bits per heavy atom. The van der Waals surface area contributed by atoms with Crippen molar-refractivity contribution in [3.63, 3.8) is 0 Å². The SMILES string of the molecule is CN=C(NCCc1ccc([N+](=O)[O-])cc1)N1CC2C3CCC(O3)C2C1.I. The number of benzene rings is 1. The molecule has 3 aliphatic rings. The number of halogens is 1. The molecule has 8 heteroatoms. The zero-order chi connectivity index (χ0) is 17.4. The van der Waals surface area contributed by atoms with E-state index in [1.807, 2.05) is 19.2 Å². The maximum Gasteiger partial charge on any atom is 0.269 e. The van der Waals surface area contributed by atoms with Crippen LogP contribution in [0.1, 0.15) is 18.4 Å². The summed E-state index contributed by atoms with van der Waals surface area (Å²) >= 11 is 0. The van der Waals surface area contributed by atoms with Crippen molar-refractivity contribution in [3.8, 4) is 0 Å². The minimum atomic E-state index is -0.370. The summed E-state index contributed by atoms with van der Waals surface area (Å²) in [4.78, 5) is 17.1. The van der Waals surface area contributed by atoms with Gasteiger partial charge in [-0.1, -0.05) is 12.1 Å². The molecule has 1 aromatic rings. The molecular weight excluding hydrogens is 447 g/mol. The fourth-order valence-electron chi connectivity index (χ4n) is 4.57. The van der Waals surface area contributed by atoms with E-state index in [1.54, 1.807) is 12.1 Å². The van der Waals surface area contributed by atoms with Crippen LogP contribution in [0.4, 0.5) is 5.69 Å². The average molecular weight is 472 g/mol. The largest absolute Gasteiger partial charge is 0.374 e. The van der Waals surface area contributed by atoms with Crippen LogP contribution in [0.2, 0.25) is 0 Å². The van der Waals surface area contributed by atoms with Crippen LogP contribution in [0.25, 0.3) is 0 Å². The van der Waals surface area contributed by atoms with E-state index in [4.69, 9.17) is 4.74 Å². The Labute approximate surface area is 170 Å². The van der Waals surface area contributed by atoms with Gasteiger partial charge in [-0.25, -0.2) is 0 Å². The molecule has 142 valence electrons. The molecule has 3 fully saturated rings. The van der Waals surface area contributed by atoms with Crippen LogP contribution in [0.3, 0.4) is 0 Å². The van der Waals surface area contributed by atoms with Gasteiger partial charge in [0.1, 0.15) is 0 Å². The van der Waals surface area contributed by atoms with E-state index >= 15 is 0 Å². The number of nitro groups is 1. The van der Waals surface area contributed by atoms with Crippen LogP contribution in [0, 0.1) is 22.0 Å². The number of non-ortho nitro benzene ring substituents is 1. The average Bonchev–Trinajstić information content (AvgIpc) is 3.32. The minimum Gasteiger partial charge on any atom is -0.374 e. The lowest BCUT2D eigenvalue weighted by atomic mass is 9.82. The zero-order valence-electron chi connectivity index (χ0n) is 14.8. The van der Waals surface area contributed by atoms with Gasteiger partial charge in [0.25, 0.3) is 5.69 Å². The van der Waals surface area contributed by atoms with Gasteiger partial charge in [-0.2, -0.15) is 0 Å². The first-order chi connectivity index (χ1) is 12.2. The highest BCUT2D eigenvalue weighted by Crippen LogP contribution is 2.47. The molecule has 4 rings (SSSR count). The summed E-state index contributed by atoms with van der Waals surface area (Å²) in [6.07, 6.45) is 4.15. The van der Waals surface area contributed by atoms with E-state index in [-0.39, 0.29) is 34.6 Å². The third-order valence-corrected chi connectivity index (χ3v) is 5.81. The second-order valence-corrected chi connectivity index (χ2v) is 7.17. The van der Waals surface area contributed by atoms with Crippen LogP contribution in [0.5, 0.6) is 0 Å².